The highest BCUT2D eigenvalue weighted by molar-refractivity contribution is 6.30. The number of benzene rings is 2. The van der Waals surface area contributed by atoms with E-state index in [1.165, 1.54) is 6.07 Å². The number of amides is 1. The third-order valence-corrected chi connectivity index (χ3v) is 3.49. The van der Waals surface area contributed by atoms with Crippen LogP contribution in [0.2, 0.25) is 5.02 Å². The van der Waals surface area contributed by atoms with E-state index in [0.717, 1.165) is 11.3 Å². The average Bonchev–Trinajstić information content (AvgIpc) is 2.50. The van der Waals surface area contributed by atoms with E-state index in [1.807, 2.05) is 19.1 Å². The summed E-state index contributed by atoms with van der Waals surface area (Å²) in [7, 11) is 1.59. The minimum atomic E-state index is -0.428. The molecule has 5 heteroatoms. The van der Waals surface area contributed by atoms with Crippen LogP contribution in [0.25, 0.3) is 0 Å². The molecule has 0 aliphatic carbocycles. The molecule has 0 saturated heterocycles. The first-order valence-electron chi connectivity index (χ1n) is 6.55. The SMILES string of the molecule is CNC(=O)c1ccc(NC(C)c2ccc(F)c(Cl)c2)cc1. The molecule has 21 heavy (non-hydrogen) atoms. The van der Waals surface area contributed by atoms with Crippen LogP contribution in [0.3, 0.4) is 0 Å². The van der Waals surface area contributed by atoms with Gasteiger partial charge >= 0.3 is 0 Å². The number of anilines is 1. The maximum Gasteiger partial charge on any atom is 0.251 e. The van der Waals surface area contributed by atoms with E-state index < -0.39 is 5.82 Å². The Kier molecular flexibility index (Phi) is 4.81. The Labute approximate surface area is 128 Å². The van der Waals surface area contributed by atoms with Crippen LogP contribution in [0.15, 0.2) is 42.5 Å². The van der Waals surface area contributed by atoms with Crippen LogP contribution in [0, 0.1) is 5.82 Å². The van der Waals surface area contributed by atoms with Gasteiger partial charge in [-0.3, -0.25) is 4.79 Å². The molecular formula is C16H16ClFN2O. The lowest BCUT2D eigenvalue weighted by molar-refractivity contribution is 0.0963. The molecule has 2 aromatic carbocycles. The lowest BCUT2D eigenvalue weighted by Gasteiger charge is -2.16. The molecule has 0 fully saturated rings. The Morgan fingerprint density at radius 1 is 1.19 bits per heavy atom. The number of hydrogen-bond acceptors (Lipinski definition) is 2. The van der Waals surface area contributed by atoms with Gasteiger partial charge in [0.05, 0.1) is 5.02 Å². The zero-order valence-electron chi connectivity index (χ0n) is 11.8. The lowest BCUT2D eigenvalue weighted by Crippen LogP contribution is -2.17. The predicted octanol–water partition coefficient (Wildman–Crippen LogP) is 4.01. The lowest BCUT2D eigenvalue weighted by atomic mass is 10.1. The van der Waals surface area contributed by atoms with Gasteiger partial charge in [0.25, 0.3) is 5.91 Å². The highest BCUT2D eigenvalue weighted by Crippen LogP contribution is 2.24. The highest BCUT2D eigenvalue weighted by atomic mass is 35.5. The Hall–Kier alpha value is -2.07. The maximum atomic E-state index is 13.2. The third kappa shape index (κ3) is 3.73. The Bertz CT molecular complexity index is 643. The van der Waals surface area contributed by atoms with E-state index in [0.29, 0.717) is 5.56 Å². The molecule has 2 aromatic rings. The molecule has 0 aliphatic heterocycles. The second-order valence-electron chi connectivity index (χ2n) is 4.70. The minimum Gasteiger partial charge on any atom is -0.379 e. The van der Waals surface area contributed by atoms with Gasteiger partial charge in [0, 0.05) is 24.3 Å². The molecule has 110 valence electrons. The molecule has 0 saturated carbocycles. The van der Waals surface area contributed by atoms with Crippen molar-refractivity contribution in [1.29, 1.82) is 0 Å². The molecule has 0 radical (unpaired) electrons. The van der Waals surface area contributed by atoms with Gasteiger partial charge in [-0.1, -0.05) is 17.7 Å². The van der Waals surface area contributed by atoms with Gasteiger partial charge in [0.1, 0.15) is 5.82 Å². The van der Waals surface area contributed by atoms with E-state index in [1.54, 1.807) is 31.3 Å². The van der Waals surface area contributed by atoms with Crippen molar-refractivity contribution in [3.63, 3.8) is 0 Å². The van der Waals surface area contributed by atoms with Crippen molar-refractivity contribution >= 4 is 23.2 Å². The first-order valence-corrected chi connectivity index (χ1v) is 6.92. The summed E-state index contributed by atoms with van der Waals surface area (Å²) in [4.78, 5) is 11.5. The molecule has 0 aliphatic rings. The summed E-state index contributed by atoms with van der Waals surface area (Å²) in [5.74, 6) is -0.553. The second-order valence-corrected chi connectivity index (χ2v) is 5.10. The molecule has 1 atom stereocenters. The first kappa shape index (κ1) is 15.3. The van der Waals surface area contributed by atoms with Crippen LogP contribution in [-0.4, -0.2) is 13.0 Å². The summed E-state index contributed by atoms with van der Waals surface area (Å²) >= 11 is 5.79. The van der Waals surface area contributed by atoms with Crippen molar-refractivity contribution in [3.05, 3.63) is 64.4 Å². The van der Waals surface area contributed by atoms with E-state index >= 15 is 0 Å². The Morgan fingerprint density at radius 3 is 2.43 bits per heavy atom. The number of carbonyl (C=O) groups excluding carboxylic acids is 1. The molecule has 0 spiro atoms. The van der Waals surface area contributed by atoms with Gasteiger partial charge in [0.15, 0.2) is 0 Å². The number of hydrogen-bond donors (Lipinski definition) is 2. The maximum absolute atomic E-state index is 13.2. The standard InChI is InChI=1S/C16H16ClFN2O/c1-10(12-5-8-15(18)14(17)9-12)20-13-6-3-11(4-7-13)16(21)19-2/h3-10,20H,1-2H3,(H,19,21). The second kappa shape index (κ2) is 6.59. The highest BCUT2D eigenvalue weighted by Gasteiger charge is 2.09. The number of rotatable bonds is 4. The monoisotopic (exact) mass is 306 g/mol. The van der Waals surface area contributed by atoms with Crippen molar-refractivity contribution in [2.75, 3.05) is 12.4 Å². The fraction of sp³-hybridized carbons (Fsp3) is 0.188. The van der Waals surface area contributed by atoms with Crippen LogP contribution < -0.4 is 10.6 Å². The van der Waals surface area contributed by atoms with Crippen LogP contribution in [0.5, 0.6) is 0 Å². The zero-order chi connectivity index (χ0) is 15.4. The summed E-state index contributed by atoms with van der Waals surface area (Å²) in [6.45, 7) is 1.95. The molecule has 2 rings (SSSR count). The van der Waals surface area contributed by atoms with Crippen LogP contribution in [0.4, 0.5) is 10.1 Å². The van der Waals surface area contributed by atoms with E-state index in [9.17, 15) is 9.18 Å². The average molecular weight is 307 g/mol. The van der Waals surface area contributed by atoms with Crippen molar-refractivity contribution in [2.45, 2.75) is 13.0 Å². The molecule has 0 heterocycles. The summed E-state index contributed by atoms with van der Waals surface area (Å²) in [6.07, 6.45) is 0. The van der Waals surface area contributed by atoms with Crippen molar-refractivity contribution in [2.24, 2.45) is 0 Å². The summed E-state index contributed by atoms with van der Waals surface area (Å²) in [5.41, 5.74) is 2.35. The third-order valence-electron chi connectivity index (χ3n) is 3.20. The van der Waals surface area contributed by atoms with Gasteiger partial charge < -0.3 is 10.6 Å². The summed E-state index contributed by atoms with van der Waals surface area (Å²) in [6, 6.07) is 11.7. The molecule has 1 unspecified atom stereocenters. The minimum absolute atomic E-state index is 0.0334. The number of carbonyl (C=O) groups is 1. The molecule has 1 amide bonds. The predicted molar refractivity (Wildman–Crippen MR) is 83.3 cm³/mol. The smallest absolute Gasteiger partial charge is 0.251 e. The topological polar surface area (TPSA) is 41.1 Å². The fourth-order valence-electron chi connectivity index (χ4n) is 1.98. The van der Waals surface area contributed by atoms with E-state index in [4.69, 9.17) is 11.6 Å². The largest absolute Gasteiger partial charge is 0.379 e. The number of halogens is 2. The van der Waals surface area contributed by atoms with E-state index in [-0.39, 0.29) is 17.0 Å². The molecule has 0 aromatic heterocycles. The van der Waals surface area contributed by atoms with Crippen molar-refractivity contribution in [3.8, 4) is 0 Å². The van der Waals surface area contributed by atoms with Crippen LogP contribution >= 0.6 is 11.6 Å². The van der Waals surface area contributed by atoms with Crippen LogP contribution in [-0.2, 0) is 0 Å². The first-order chi connectivity index (χ1) is 10.0. The Morgan fingerprint density at radius 2 is 1.86 bits per heavy atom. The van der Waals surface area contributed by atoms with Crippen LogP contribution in [0.1, 0.15) is 28.9 Å². The van der Waals surface area contributed by atoms with Gasteiger partial charge in [-0.2, -0.15) is 0 Å². The quantitative estimate of drug-likeness (QED) is 0.896. The fourth-order valence-corrected chi connectivity index (χ4v) is 2.17. The van der Waals surface area contributed by atoms with Gasteiger partial charge in [0.2, 0.25) is 0 Å². The Balaban J connectivity index is 2.10. The molecule has 3 nitrogen and oxygen atoms in total. The summed E-state index contributed by atoms with van der Waals surface area (Å²) in [5, 5.41) is 5.95. The molecule has 0 bridgehead atoms. The van der Waals surface area contributed by atoms with Crippen molar-refractivity contribution in [1.82, 2.24) is 5.32 Å². The zero-order valence-corrected chi connectivity index (χ0v) is 12.5. The van der Waals surface area contributed by atoms with Gasteiger partial charge in [-0.25, -0.2) is 4.39 Å². The van der Waals surface area contributed by atoms with E-state index in [2.05, 4.69) is 10.6 Å². The molecular weight excluding hydrogens is 291 g/mol. The molecule has 2 N–H and O–H groups in total. The van der Waals surface area contributed by atoms with Crippen molar-refractivity contribution < 1.29 is 9.18 Å². The summed E-state index contributed by atoms with van der Waals surface area (Å²) < 4.78 is 13.2. The number of nitrogens with one attached hydrogen (secondary N) is 2. The van der Waals surface area contributed by atoms with Gasteiger partial charge in [-0.05, 0) is 48.9 Å². The normalized spacial score (nSPS) is 11.8. The van der Waals surface area contributed by atoms with Gasteiger partial charge in [-0.15, -0.1) is 0 Å².